The van der Waals surface area contributed by atoms with Crippen molar-refractivity contribution in [3.05, 3.63) is 0 Å². The molecule has 0 aromatic rings. The first-order valence-corrected chi connectivity index (χ1v) is 6.78. The molecule has 1 fully saturated rings. The molecule has 104 valence electrons. The maximum Gasteiger partial charge on any atom is 0.407 e. The van der Waals surface area contributed by atoms with Gasteiger partial charge in [-0.15, -0.1) is 0 Å². The fourth-order valence-corrected chi connectivity index (χ4v) is 1.98. The number of amides is 1. The molecule has 4 heteroatoms. The average molecular weight is 255 g/mol. The van der Waals surface area contributed by atoms with Crippen molar-refractivity contribution < 1.29 is 14.3 Å². The first kappa shape index (κ1) is 15.0. The Balaban J connectivity index is 2.50. The Morgan fingerprint density at radius 1 is 1.33 bits per heavy atom. The van der Waals surface area contributed by atoms with Gasteiger partial charge in [-0.1, -0.05) is 13.8 Å². The van der Waals surface area contributed by atoms with Crippen LogP contribution in [0.1, 0.15) is 53.9 Å². The van der Waals surface area contributed by atoms with Gasteiger partial charge < -0.3 is 10.1 Å². The number of hydrogen-bond donors (Lipinski definition) is 1. The smallest absolute Gasteiger partial charge is 0.407 e. The molecule has 0 spiro atoms. The van der Waals surface area contributed by atoms with Gasteiger partial charge in [0.25, 0.3) is 0 Å². The minimum atomic E-state index is -0.508. The van der Waals surface area contributed by atoms with Crippen LogP contribution in [0.4, 0.5) is 4.79 Å². The summed E-state index contributed by atoms with van der Waals surface area (Å²) in [4.78, 5) is 23.7. The number of carbonyl (C=O) groups excluding carboxylic acids is 2. The van der Waals surface area contributed by atoms with Gasteiger partial charge in [0, 0.05) is 17.9 Å². The van der Waals surface area contributed by atoms with Crippen LogP contribution in [-0.2, 0) is 9.53 Å². The Morgan fingerprint density at radius 3 is 2.28 bits per heavy atom. The van der Waals surface area contributed by atoms with Gasteiger partial charge in [-0.25, -0.2) is 4.79 Å². The van der Waals surface area contributed by atoms with Crippen LogP contribution in [-0.4, -0.2) is 23.5 Å². The van der Waals surface area contributed by atoms with Gasteiger partial charge in [-0.3, -0.25) is 4.79 Å². The summed E-state index contributed by atoms with van der Waals surface area (Å²) in [5, 5.41) is 2.80. The number of nitrogens with one attached hydrogen (secondary N) is 1. The molecule has 0 aromatic heterocycles. The van der Waals surface area contributed by atoms with E-state index in [4.69, 9.17) is 4.74 Å². The van der Waals surface area contributed by atoms with Gasteiger partial charge in [0.1, 0.15) is 11.4 Å². The van der Waals surface area contributed by atoms with Crippen LogP contribution in [0.2, 0.25) is 0 Å². The fourth-order valence-electron chi connectivity index (χ4n) is 1.98. The third-order valence-electron chi connectivity index (χ3n) is 3.17. The average Bonchev–Trinajstić information content (AvgIpc) is 3.05. The molecule has 1 rings (SSSR count). The van der Waals surface area contributed by atoms with Gasteiger partial charge in [0.2, 0.25) is 0 Å². The van der Waals surface area contributed by atoms with Crippen LogP contribution in [0.5, 0.6) is 0 Å². The second-order valence-corrected chi connectivity index (χ2v) is 6.13. The van der Waals surface area contributed by atoms with Crippen LogP contribution in [0.3, 0.4) is 0 Å². The van der Waals surface area contributed by atoms with Crippen LogP contribution in [0.25, 0.3) is 0 Å². The highest BCUT2D eigenvalue weighted by molar-refractivity contribution is 5.86. The van der Waals surface area contributed by atoms with E-state index in [1.54, 1.807) is 0 Å². The third-order valence-corrected chi connectivity index (χ3v) is 3.17. The molecule has 0 aliphatic heterocycles. The van der Waals surface area contributed by atoms with Crippen molar-refractivity contribution in [2.75, 3.05) is 0 Å². The summed E-state index contributed by atoms with van der Waals surface area (Å²) in [6.45, 7) is 9.34. The van der Waals surface area contributed by atoms with Crippen LogP contribution >= 0.6 is 0 Å². The lowest BCUT2D eigenvalue weighted by Gasteiger charge is -2.26. The molecule has 1 N–H and O–H groups in total. The summed E-state index contributed by atoms with van der Waals surface area (Å²) in [6.07, 6.45) is 2.31. The molecular weight excluding hydrogens is 230 g/mol. The van der Waals surface area contributed by atoms with E-state index in [-0.39, 0.29) is 23.7 Å². The van der Waals surface area contributed by atoms with Crippen LogP contribution in [0, 0.1) is 11.8 Å². The Labute approximate surface area is 109 Å². The molecule has 1 saturated carbocycles. The van der Waals surface area contributed by atoms with E-state index in [1.807, 2.05) is 34.6 Å². The number of rotatable bonds is 5. The Bertz CT molecular complexity index is 315. The van der Waals surface area contributed by atoms with Gasteiger partial charge in [0.15, 0.2) is 0 Å². The summed E-state index contributed by atoms with van der Waals surface area (Å²) >= 11 is 0. The quantitative estimate of drug-likeness (QED) is 0.821. The minimum Gasteiger partial charge on any atom is -0.444 e. The van der Waals surface area contributed by atoms with Crippen molar-refractivity contribution in [1.29, 1.82) is 0 Å². The van der Waals surface area contributed by atoms with Crippen molar-refractivity contribution >= 4 is 11.9 Å². The van der Waals surface area contributed by atoms with E-state index in [1.165, 1.54) is 0 Å². The number of carbonyl (C=O) groups is 2. The molecule has 2 unspecified atom stereocenters. The molecule has 0 radical (unpaired) electrons. The molecule has 1 aliphatic carbocycles. The van der Waals surface area contributed by atoms with Crippen LogP contribution < -0.4 is 5.32 Å². The van der Waals surface area contributed by atoms with E-state index in [2.05, 4.69) is 5.32 Å². The summed E-state index contributed by atoms with van der Waals surface area (Å²) in [7, 11) is 0. The van der Waals surface area contributed by atoms with Crippen LogP contribution in [0.15, 0.2) is 0 Å². The first-order valence-electron chi connectivity index (χ1n) is 6.78. The maximum absolute atomic E-state index is 12.0. The van der Waals surface area contributed by atoms with E-state index in [0.29, 0.717) is 0 Å². The Morgan fingerprint density at radius 2 is 1.89 bits per heavy atom. The molecule has 0 bridgehead atoms. The molecule has 2 atom stereocenters. The molecule has 0 heterocycles. The van der Waals surface area contributed by atoms with E-state index in [0.717, 1.165) is 19.3 Å². The van der Waals surface area contributed by atoms with Gasteiger partial charge in [-0.05, 0) is 40.0 Å². The second-order valence-electron chi connectivity index (χ2n) is 6.13. The van der Waals surface area contributed by atoms with E-state index >= 15 is 0 Å². The predicted molar refractivity (Wildman–Crippen MR) is 70.3 cm³/mol. The topological polar surface area (TPSA) is 55.4 Å². The largest absolute Gasteiger partial charge is 0.444 e. The van der Waals surface area contributed by atoms with Gasteiger partial charge in [0.05, 0.1) is 0 Å². The van der Waals surface area contributed by atoms with Crippen molar-refractivity contribution in [3.8, 4) is 0 Å². The summed E-state index contributed by atoms with van der Waals surface area (Å²) in [5.74, 6) is 0.377. The van der Waals surface area contributed by atoms with Gasteiger partial charge >= 0.3 is 6.09 Å². The standard InChI is InChI=1S/C14H25NO3/c1-6-11(9(2)12(16)10-7-8-10)15-13(17)18-14(3,4)5/h9-11H,6-8H2,1-5H3,(H,15,17). The molecular formula is C14H25NO3. The zero-order valence-corrected chi connectivity index (χ0v) is 12.1. The van der Waals surface area contributed by atoms with Gasteiger partial charge in [-0.2, -0.15) is 0 Å². The lowest BCUT2D eigenvalue weighted by Crippen LogP contribution is -2.44. The van der Waals surface area contributed by atoms with E-state index < -0.39 is 11.7 Å². The maximum atomic E-state index is 12.0. The molecule has 1 aliphatic rings. The minimum absolute atomic E-state index is 0.130. The Hall–Kier alpha value is -1.06. The van der Waals surface area contributed by atoms with Crippen molar-refractivity contribution in [1.82, 2.24) is 5.32 Å². The summed E-state index contributed by atoms with van der Waals surface area (Å²) in [6, 6.07) is -0.132. The molecule has 4 nitrogen and oxygen atoms in total. The number of ether oxygens (including phenoxy) is 1. The zero-order valence-electron chi connectivity index (χ0n) is 12.1. The second kappa shape index (κ2) is 5.72. The monoisotopic (exact) mass is 255 g/mol. The van der Waals surface area contributed by atoms with Crippen molar-refractivity contribution in [2.24, 2.45) is 11.8 Å². The van der Waals surface area contributed by atoms with Crippen molar-refractivity contribution in [3.63, 3.8) is 0 Å². The third kappa shape index (κ3) is 4.67. The SMILES string of the molecule is CCC(NC(=O)OC(C)(C)C)C(C)C(=O)C1CC1. The van der Waals surface area contributed by atoms with E-state index in [9.17, 15) is 9.59 Å². The molecule has 1 amide bonds. The van der Waals surface area contributed by atoms with Crippen molar-refractivity contribution in [2.45, 2.75) is 65.5 Å². The number of ketones is 1. The normalized spacial score (nSPS) is 18.9. The highest BCUT2D eigenvalue weighted by Gasteiger charge is 2.36. The lowest BCUT2D eigenvalue weighted by atomic mass is 9.92. The predicted octanol–water partition coefficient (Wildman–Crippen LogP) is 2.90. The highest BCUT2D eigenvalue weighted by Crippen LogP contribution is 2.33. The number of Topliss-reactive ketones (excluding diaryl/α,β-unsaturated/α-hetero) is 1. The Kier molecular flexibility index (Phi) is 4.77. The fraction of sp³-hybridized carbons (Fsp3) is 0.857. The zero-order chi connectivity index (χ0) is 13.9. The summed E-state index contributed by atoms with van der Waals surface area (Å²) in [5.41, 5.74) is -0.508. The first-order chi connectivity index (χ1) is 8.24. The summed E-state index contributed by atoms with van der Waals surface area (Å²) < 4.78 is 5.21. The molecule has 18 heavy (non-hydrogen) atoms. The lowest BCUT2D eigenvalue weighted by molar-refractivity contribution is -0.124. The molecule has 0 aromatic carbocycles. The number of hydrogen-bond acceptors (Lipinski definition) is 3. The highest BCUT2D eigenvalue weighted by atomic mass is 16.6. The number of alkyl carbamates (subject to hydrolysis) is 1. The molecule has 0 saturated heterocycles.